The zero-order valence-corrected chi connectivity index (χ0v) is 9.24. The van der Waals surface area contributed by atoms with Crippen molar-refractivity contribution in [3.05, 3.63) is 42.7 Å². The first-order chi connectivity index (χ1) is 7.84. The minimum absolute atomic E-state index is 0.356. The minimum Gasteiger partial charge on any atom is -0.308 e. The molecule has 0 saturated carbocycles. The SMILES string of the molecule is CC(Cn1cncn1)NCc1ccncc1. The van der Waals surface area contributed by atoms with Gasteiger partial charge in [-0.05, 0) is 24.6 Å². The molecule has 5 heteroatoms. The number of nitrogens with zero attached hydrogens (tertiary/aromatic N) is 4. The third kappa shape index (κ3) is 3.13. The first-order valence-corrected chi connectivity index (χ1v) is 5.29. The van der Waals surface area contributed by atoms with E-state index in [2.05, 4.69) is 27.3 Å². The average Bonchev–Trinajstić information content (AvgIpc) is 2.81. The van der Waals surface area contributed by atoms with Crippen molar-refractivity contribution in [2.45, 2.75) is 26.1 Å². The molecule has 5 nitrogen and oxygen atoms in total. The molecule has 1 N–H and O–H groups in total. The van der Waals surface area contributed by atoms with Crippen molar-refractivity contribution in [3.8, 4) is 0 Å². The van der Waals surface area contributed by atoms with E-state index in [-0.39, 0.29) is 0 Å². The van der Waals surface area contributed by atoms with Gasteiger partial charge < -0.3 is 5.32 Å². The highest BCUT2D eigenvalue weighted by atomic mass is 15.3. The molecule has 0 bridgehead atoms. The van der Waals surface area contributed by atoms with E-state index in [9.17, 15) is 0 Å². The van der Waals surface area contributed by atoms with E-state index in [1.165, 1.54) is 5.56 Å². The van der Waals surface area contributed by atoms with Gasteiger partial charge in [0.05, 0.1) is 6.54 Å². The van der Waals surface area contributed by atoms with Crippen LogP contribution in [0, 0.1) is 0 Å². The highest BCUT2D eigenvalue weighted by molar-refractivity contribution is 5.09. The number of nitrogens with one attached hydrogen (secondary N) is 1. The maximum Gasteiger partial charge on any atom is 0.137 e. The second-order valence-electron chi connectivity index (χ2n) is 3.75. The quantitative estimate of drug-likeness (QED) is 0.806. The molecular weight excluding hydrogens is 202 g/mol. The second-order valence-corrected chi connectivity index (χ2v) is 3.75. The van der Waals surface area contributed by atoms with E-state index >= 15 is 0 Å². The van der Waals surface area contributed by atoms with Gasteiger partial charge in [0, 0.05) is 25.0 Å². The van der Waals surface area contributed by atoms with Crippen molar-refractivity contribution in [1.29, 1.82) is 0 Å². The Kier molecular flexibility index (Phi) is 3.61. The van der Waals surface area contributed by atoms with Crippen molar-refractivity contribution in [2.75, 3.05) is 0 Å². The fraction of sp³-hybridized carbons (Fsp3) is 0.364. The first kappa shape index (κ1) is 10.8. The van der Waals surface area contributed by atoms with Gasteiger partial charge in [0.15, 0.2) is 0 Å². The number of pyridine rings is 1. The molecule has 0 aliphatic carbocycles. The molecule has 0 aliphatic rings. The number of hydrogen-bond acceptors (Lipinski definition) is 4. The Morgan fingerprint density at radius 2 is 2.12 bits per heavy atom. The van der Waals surface area contributed by atoms with E-state index in [4.69, 9.17) is 0 Å². The van der Waals surface area contributed by atoms with Crippen LogP contribution in [0.25, 0.3) is 0 Å². The van der Waals surface area contributed by atoms with Crippen LogP contribution in [0.5, 0.6) is 0 Å². The Labute approximate surface area is 94.5 Å². The Morgan fingerprint density at radius 3 is 2.81 bits per heavy atom. The Bertz CT molecular complexity index is 398. The van der Waals surface area contributed by atoms with Gasteiger partial charge >= 0.3 is 0 Å². The summed E-state index contributed by atoms with van der Waals surface area (Å²) in [5.74, 6) is 0. The monoisotopic (exact) mass is 217 g/mol. The van der Waals surface area contributed by atoms with Gasteiger partial charge in [0.1, 0.15) is 12.7 Å². The predicted molar refractivity (Wildman–Crippen MR) is 60.6 cm³/mol. The van der Waals surface area contributed by atoms with Crippen LogP contribution in [0.15, 0.2) is 37.2 Å². The first-order valence-electron chi connectivity index (χ1n) is 5.29. The molecule has 0 spiro atoms. The standard InChI is InChI=1S/C11H15N5/c1-10(7-16-9-13-8-15-16)14-6-11-2-4-12-5-3-11/h2-5,8-10,14H,6-7H2,1H3. The highest BCUT2D eigenvalue weighted by Gasteiger charge is 2.02. The lowest BCUT2D eigenvalue weighted by atomic mass is 10.2. The van der Waals surface area contributed by atoms with Crippen LogP contribution in [0.1, 0.15) is 12.5 Å². The van der Waals surface area contributed by atoms with Crippen LogP contribution in [0.4, 0.5) is 0 Å². The van der Waals surface area contributed by atoms with Gasteiger partial charge in [-0.25, -0.2) is 4.98 Å². The second kappa shape index (κ2) is 5.37. The molecule has 1 unspecified atom stereocenters. The summed E-state index contributed by atoms with van der Waals surface area (Å²) >= 11 is 0. The highest BCUT2D eigenvalue weighted by Crippen LogP contribution is 1.97. The molecule has 84 valence electrons. The summed E-state index contributed by atoms with van der Waals surface area (Å²) in [4.78, 5) is 7.89. The molecule has 0 fully saturated rings. The fourth-order valence-corrected chi connectivity index (χ4v) is 1.46. The molecule has 0 aromatic carbocycles. The van der Waals surface area contributed by atoms with Gasteiger partial charge in [-0.1, -0.05) is 0 Å². The molecule has 16 heavy (non-hydrogen) atoms. The van der Waals surface area contributed by atoms with E-state index in [1.807, 2.05) is 16.8 Å². The van der Waals surface area contributed by atoms with Crippen molar-refractivity contribution in [3.63, 3.8) is 0 Å². The summed E-state index contributed by atoms with van der Waals surface area (Å²) in [6.45, 7) is 3.80. The summed E-state index contributed by atoms with van der Waals surface area (Å²) in [6.07, 6.45) is 6.89. The van der Waals surface area contributed by atoms with Crippen LogP contribution in [-0.2, 0) is 13.1 Å². The lowest BCUT2D eigenvalue weighted by Gasteiger charge is -2.13. The fourth-order valence-electron chi connectivity index (χ4n) is 1.46. The van der Waals surface area contributed by atoms with E-state index < -0.39 is 0 Å². The summed E-state index contributed by atoms with van der Waals surface area (Å²) in [6, 6.07) is 4.37. The van der Waals surface area contributed by atoms with Crippen LogP contribution in [-0.4, -0.2) is 25.8 Å². The maximum absolute atomic E-state index is 4.07. The third-order valence-corrected chi connectivity index (χ3v) is 2.33. The van der Waals surface area contributed by atoms with E-state index in [1.54, 1.807) is 25.0 Å². The van der Waals surface area contributed by atoms with Gasteiger partial charge in [-0.3, -0.25) is 9.67 Å². The molecule has 2 aromatic rings. The molecule has 2 rings (SSSR count). The molecule has 0 aliphatic heterocycles. The molecule has 2 heterocycles. The Hall–Kier alpha value is -1.75. The van der Waals surface area contributed by atoms with Crippen molar-refractivity contribution in [2.24, 2.45) is 0 Å². The largest absolute Gasteiger partial charge is 0.308 e. The van der Waals surface area contributed by atoms with Gasteiger partial charge in [-0.15, -0.1) is 0 Å². The molecule has 0 radical (unpaired) electrons. The van der Waals surface area contributed by atoms with Crippen molar-refractivity contribution < 1.29 is 0 Å². The molecule has 0 saturated heterocycles. The molecule has 1 atom stereocenters. The summed E-state index contributed by atoms with van der Waals surface area (Å²) in [5, 5.41) is 7.49. The summed E-state index contributed by atoms with van der Waals surface area (Å²) < 4.78 is 1.82. The molecule has 0 amide bonds. The normalized spacial score (nSPS) is 12.6. The smallest absolute Gasteiger partial charge is 0.137 e. The Morgan fingerprint density at radius 1 is 1.31 bits per heavy atom. The maximum atomic E-state index is 4.07. The molecule has 2 aromatic heterocycles. The van der Waals surface area contributed by atoms with Crippen LogP contribution < -0.4 is 5.32 Å². The van der Waals surface area contributed by atoms with Crippen LogP contribution in [0.2, 0.25) is 0 Å². The van der Waals surface area contributed by atoms with E-state index in [0.29, 0.717) is 6.04 Å². The third-order valence-electron chi connectivity index (χ3n) is 2.33. The van der Waals surface area contributed by atoms with Gasteiger partial charge in [0.2, 0.25) is 0 Å². The van der Waals surface area contributed by atoms with Gasteiger partial charge in [-0.2, -0.15) is 5.10 Å². The molecular formula is C11H15N5. The van der Waals surface area contributed by atoms with Crippen molar-refractivity contribution >= 4 is 0 Å². The van der Waals surface area contributed by atoms with Gasteiger partial charge in [0.25, 0.3) is 0 Å². The van der Waals surface area contributed by atoms with E-state index in [0.717, 1.165) is 13.1 Å². The lowest BCUT2D eigenvalue weighted by molar-refractivity contribution is 0.450. The number of hydrogen-bond donors (Lipinski definition) is 1. The van der Waals surface area contributed by atoms with Crippen LogP contribution >= 0.6 is 0 Å². The summed E-state index contributed by atoms with van der Waals surface area (Å²) in [7, 11) is 0. The number of aromatic nitrogens is 4. The lowest BCUT2D eigenvalue weighted by Crippen LogP contribution is -2.30. The Balaban J connectivity index is 1.78. The topological polar surface area (TPSA) is 55.6 Å². The number of rotatable bonds is 5. The van der Waals surface area contributed by atoms with Crippen LogP contribution in [0.3, 0.4) is 0 Å². The zero-order chi connectivity index (χ0) is 11.2. The van der Waals surface area contributed by atoms with Crippen molar-refractivity contribution in [1.82, 2.24) is 25.1 Å². The summed E-state index contributed by atoms with van der Waals surface area (Å²) in [5.41, 5.74) is 1.24. The zero-order valence-electron chi connectivity index (χ0n) is 9.24. The average molecular weight is 217 g/mol. The minimum atomic E-state index is 0.356. The predicted octanol–water partition coefficient (Wildman–Crippen LogP) is 0.851.